The van der Waals surface area contributed by atoms with Gasteiger partial charge in [0.25, 0.3) is 0 Å². The van der Waals surface area contributed by atoms with Gasteiger partial charge in [0.15, 0.2) is 0 Å². The standard InChI is InChI=1S/C49H44BN/c1-29(2)36-23-21-35-22-24-39-44(30(3)4)48-49(40-26-25-38(36)45(35)46(39)40)51(42-19-13-11-17-37(42)34-15-9-8-10-16-34)43-20-14-12-18-41(43)50(48)47-32(6)27-31(5)28-33(47)7/h8-30H,1-7H3. The molecule has 1 aliphatic heterocycles. The van der Waals surface area contributed by atoms with E-state index in [9.17, 15) is 0 Å². The van der Waals surface area contributed by atoms with Crippen molar-refractivity contribution in [2.45, 2.75) is 60.3 Å². The number of hydrogen-bond donors (Lipinski definition) is 0. The van der Waals surface area contributed by atoms with Gasteiger partial charge in [-0.3, -0.25) is 0 Å². The smallest absolute Gasteiger partial charge is 0.247 e. The number of anilines is 3. The van der Waals surface area contributed by atoms with E-state index in [1.54, 1.807) is 0 Å². The molecule has 1 aliphatic rings. The highest BCUT2D eigenvalue weighted by Gasteiger charge is 2.41. The molecule has 0 atom stereocenters. The van der Waals surface area contributed by atoms with Crippen molar-refractivity contribution >= 4 is 72.5 Å². The Hall–Kier alpha value is -5.34. The van der Waals surface area contributed by atoms with Crippen molar-refractivity contribution in [2.24, 2.45) is 0 Å². The monoisotopic (exact) mass is 657 g/mol. The number of nitrogens with zero attached hydrogens (tertiary/aromatic N) is 1. The largest absolute Gasteiger partial charge is 0.310 e. The normalized spacial score (nSPS) is 12.9. The third kappa shape index (κ3) is 4.69. The fourth-order valence-corrected chi connectivity index (χ4v) is 9.61. The highest BCUT2D eigenvalue weighted by Crippen LogP contribution is 2.49. The first-order valence-electron chi connectivity index (χ1n) is 18.6. The lowest BCUT2D eigenvalue weighted by Crippen LogP contribution is -2.60. The van der Waals surface area contributed by atoms with Crippen LogP contribution in [0.4, 0.5) is 17.1 Å². The first kappa shape index (κ1) is 31.6. The zero-order valence-electron chi connectivity index (χ0n) is 30.8. The lowest BCUT2D eigenvalue weighted by Gasteiger charge is -2.41. The van der Waals surface area contributed by atoms with Gasteiger partial charge in [0.1, 0.15) is 0 Å². The summed E-state index contributed by atoms with van der Waals surface area (Å²) in [7, 11) is 0. The molecule has 8 aromatic rings. The second-order valence-corrected chi connectivity index (χ2v) is 15.4. The molecule has 9 rings (SSSR count). The summed E-state index contributed by atoms with van der Waals surface area (Å²) >= 11 is 0. The van der Waals surface area contributed by atoms with Crippen LogP contribution >= 0.6 is 0 Å². The summed E-state index contributed by atoms with van der Waals surface area (Å²) in [6, 6.07) is 48.3. The summed E-state index contributed by atoms with van der Waals surface area (Å²) in [4.78, 5) is 2.63. The molecule has 0 saturated heterocycles. The molecule has 8 aromatic carbocycles. The van der Waals surface area contributed by atoms with E-state index in [0.29, 0.717) is 11.8 Å². The van der Waals surface area contributed by atoms with E-state index in [-0.39, 0.29) is 6.71 Å². The maximum Gasteiger partial charge on any atom is 0.247 e. The summed E-state index contributed by atoms with van der Waals surface area (Å²) in [6.45, 7) is 16.4. The van der Waals surface area contributed by atoms with Gasteiger partial charge in [0, 0.05) is 22.3 Å². The SMILES string of the molecule is Cc1cc(C)c(B2c3ccccc3N(c3ccccc3-c3ccccc3)c3c2c(C(C)C)c2ccc4ccc(C(C)C)c5ccc3c2c45)c(C)c1. The zero-order chi connectivity index (χ0) is 35.1. The molecular formula is C49H44BN. The summed E-state index contributed by atoms with van der Waals surface area (Å²) < 4.78 is 0. The Morgan fingerprint density at radius 3 is 1.88 bits per heavy atom. The van der Waals surface area contributed by atoms with Crippen LogP contribution in [0.3, 0.4) is 0 Å². The summed E-state index contributed by atoms with van der Waals surface area (Å²) in [5, 5.41) is 8.21. The van der Waals surface area contributed by atoms with Gasteiger partial charge in [0.05, 0.1) is 5.69 Å². The third-order valence-corrected chi connectivity index (χ3v) is 11.5. The van der Waals surface area contributed by atoms with Crippen LogP contribution in [-0.2, 0) is 0 Å². The lowest BCUT2D eigenvalue weighted by molar-refractivity contribution is 0.877. The topological polar surface area (TPSA) is 3.24 Å². The molecular weight excluding hydrogens is 613 g/mol. The molecule has 0 aliphatic carbocycles. The minimum absolute atomic E-state index is 0.0856. The Morgan fingerprint density at radius 1 is 0.529 bits per heavy atom. The molecule has 2 heteroatoms. The Balaban J connectivity index is 1.52. The van der Waals surface area contributed by atoms with Crippen LogP contribution in [0.1, 0.15) is 67.3 Å². The van der Waals surface area contributed by atoms with Crippen LogP contribution in [0.25, 0.3) is 43.4 Å². The van der Waals surface area contributed by atoms with Gasteiger partial charge in [-0.15, -0.1) is 0 Å². The Labute approximate surface area is 303 Å². The van der Waals surface area contributed by atoms with Gasteiger partial charge in [-0.05, 0) is 99.3 Å². The molecule has 1 nitrogen and oxygen atoms in total. The predicted molar refractivity (Wildman–Crippen MR) is 224 cm³/mol. The van der Waals surface area contributed by atoms with Crippen LogP contribution in [-0.4, -0.2) is 6.71 Å². The van der Waals surface area contributed by atoms with Gasteiger partial charge in [-0.25, -0.2) is 0 Å². The van der Waals surface area contributed by atoms with E-state index in [2.05, 4.69) is 181 Å². The number of benzene rings is 8. The Bertz CT molecular complexity index is 2610. The molecule has 51 heavy (non-hydrogen) atoms. The van der Waals surface area contributed by atoms with Crippen molar-refractivity contribution in [2.75, 3.05) is 4.90 Å². The highest BCUT2D eigenvalue weighted by atomic mass is 15.2. The van der Waals surface area contributed by atoms with Crippen molar-refractivity contribution < 1.29 is 0 Å². The molecule has 248 valence electrons. The fourth-order valence-electron chi connectivity index (χ4n) is 9.61. The maximum atomic E-state index is 2.63. The summed E-state index contributed by atoms with van der Waals surface area (Å²) in [5.74, 6) is 0.740. The molecule has 0 aromatic heterocycles. The zero-order valence-corrected chi connectivity index (χ0v) is 30.8. The number of fused-ring (bicyclic) bond motifs is 3. The second kappa shape index (κ2) is 11.9. The summed E-state index contributed by atoms with van der Waals surface area (Å²) in [6.07, 6.45) is 0. The van der Waals surface area contributed by atoms with E-state index < -0.39 is 0 Å². The second-order valence-electron chi connectivity index (χ2n) is 15.4. The van der Waals surface area contributed by atoms with Crippen LogP contribution in [0.5, 0.6) is 0 Å². The quantitative estimate of drug-likeness (QED) is 0.132. The van der Waals surface area contributed by atoms with E-state index in [4.69, 9.17) is 0 Å². The molecule has 1 heterocycles. The maximum absolute atomic E-state index is 2.63. The molecule has 0 radical (unpaired) electrons. The number of hydrogen-bond acceptors (Lipinski definition) is 1. The van der Waals surface area contributed by atoms with Crippen molar-refractivity contribution in [3.63, 3.8) is 0 Å². The fraction of sp³-hybridized carbons (Fsp3) is 0.184. The number of aryl methyl sites for hydroxylation is 3. The highest BCUT2D eigenvalue weighted by molar-refractivity contribution is 6.99. The number of para-hydroxylation sites is 2. The number of rotatable bonds is 5. The van der Waals surface area contributed by atoms with Crippen molar-refractivity contribution in [1.82, 2.24) is 0 Å². The molecule has 0 amide bonds. The molecule has 0 unspecified atom stereocenters. The minimum atomic E-state index is 0.0856. The third-order valence-electron chi connectivity index (χ3n) is 11.5. The molecule has 0 spiro atoms. The Kier molecular flexibility index (Phi) is 7.37. The van der Waals surface area contributed by atoms with E-state index in [1.165, 1.54) is 105 Å². The van der Waals surface area contributed by atoms with Crippen LogP contribution in [0.15, 0.2) is 127 Å². The lowest BCUT2D eigenvalue weighted by atomic mass is 9.32. The average Bonchev–Trinajstić information content (AvgIpc) is 3.13. The van der Waals surface area contributed by atoms with E-state index in [1.807, 2.05) is 0 Å². The van der Waals surface area contributed by atoms with Gasteiger partial charge < -0.3 is 4.90 Å². The van der Waals surface area contributed by atoms with Crippen LogP contribution in [0, 0.1) is 20.8 Å². The van der Waals surface area contributed by atoms with Crippen molar-refractivity contribution in [3.8, 4) is 11.1 Å². The Morgan fingerprint density at radius 2 is 1.16 bits per heavy atom. The molecule has 0 saturated carbocycles. The van der Waals surface area contributed by atoms with Crippen molar-refractivity contribution in [3.05, 3.63) is 155 Å². The minimum Gasteiger partial charge on any atom is -0.310 e. The molecule has 0 N–H and O–H groups in total. The van der Waals surface area contributed by atoms with Gasteiger partial charge >= 0.3 is 0 Å². The van der Waals surface area contributed by atoms with E-state index in [0.717, 1.165) is 0 Å². The molecule has 0 bridgehead atoms. The van der Waals surface area contributed by atoms with Gasteiger partial charge in [0.2, 0.25) is 6.71 Å². The van der Waals surface area contributed by atoms with Gasteiger partial charge in [-0.2, -0.15) is 0 Å². The van der Waals surface area contributed by atoms with Gasteiger partial charge in [-0.1, -0.05) is 165 Å². The molecule has 0 fully saturated rings. The summed E-state index contributed by atoms with van der Waals surface area (Å²) in [5.41, 5.74) is 17.4. The van der Waals surface area contributed by atoms with Crippen molar-refractivity contribution in [1.29, 1.82) is 0 Å². The first-order chi connectivity index (χ1) is 24.7. The van der Waals surface area contributed by atoms with E-state index >= 15 is 0 Å². The van der Waals surface area contributed by atoms with Crippen LogP contribution in [0.2, 0.25) is 0 Å². The average molecular weight is 658 g/mol. The van der Waals surface area contributed by atoms with Crippen LogP contribution < -0.4 is 21.3 Å². The first-order valence-corrected chi connectivity index (χ1v) is 18.6. The predicted octanol–water partition coefficient (Wildman–Crippen LogP) is 11.7.